The van der Waals surface area contributed by atoms with Gasteiger partial charge in [0.1, 0.15) is 22.6 Å². The number of carbonyl (C=O) groups excluding carboxylic acids is 1. The van der Waals surface area contributed by atoms with Gasteiger partial charge >= 0.3 is 5.97 Å². The molecule has 2 heterocycles. The van der Waals surface area contributed by atoms with Crippen LogP contribution in [0, 0.1) is 0 Å². The minimum atomic E-state index is -0.700. The maximum atomic E-state index is 12.7. The molecule has 4 rings (SSSR count). The highest BCUT2D eigenvalue weighted by Gasteiger charge is 2.18. The van der Waals surface area contributed by atoms with Gasteiger partial charge in [-0.25, -0.2) is 9.78 Å². The molecule has 0 saturated heterocycles. The van der Waals surface area contributed by atoms with Gasteiger partial charge in [0.05, 0.1) is 19.2 Å². The number of halogens is 1. The highest BCUT2D eigenvalue weighted by atomic mass is 79.9. The predicted octanol–water partition coefficient (Wildman–Crippen LogP) is 4.79. The highest BCUT2D eigenvalue weighted by Crippen LogP contribution is 2.27. The summed E-state index contributed by atoms with van der Waals surface area (Å²) >= 11 is 3.40. The monoisotopic (exact) mass is 464 g/mol. The number of aromatic nitrogens is 2. The third kappa shape index (κ3) is 3.97. The van der Waals surface area contributed by atoms with Crippen molar-refractivity contribution in [1.82, 2.24) is 9.55 Å². The number of benzene rings is 2. The summed E-state index contributed by atoms with van der Waals surface area (Å²) in [6, 6.07) is 18.9. The van der Waals surface area contributed by atoms with Crippen molar-refractivity contribution >= 4 is 32.9 Å². The molecule has 0 fully saturated rings. The topological polar surface area (TPSA) is 70.4 Å². The summed E-state index contributed by atoms with van der Waals surface area (Å²) in [4.78, 5) is 29.1. The first-order valence-electron chi connectivity index (χ1n) is 9.14. The average molecular weight is 465 g/mol. The summed E-state index contributed by atoms with van der Waals surface area (Å²) in [7, 11) is 1.24. The number of rotatable bonds is 5. The maximum Gasteiger partial charge on any atom is 0.343 e. The van der Waals surface area contributed by atoms with Crippen molar-refractivity contribution in [2.24, 2.45) is 0 Å². The first-order chi connectivity index (χ1) is 14.6. The minimum Gasteiger partial charge on any atom is -0.465 e. The number of para-hydroxylation sites is 2. The van der Waals surface area contributed by atoms with Crippen LogP contribution in [0.4, 0.5) is 0 Å². The molecule has 30 heavy (non-hydrogen) atoms. The van der Waals surface area contributed by atoms with Crippen LogP contribution in [0.25, 0.3) is 11.0 Å². The van der Waals surface area contributed by atoms with Gasteiger partial charge in [-0.2, -0.15) is 0 Å². The lowest BCUT2D eigenvalue weighted by Crippen LogP contribution is -2.21. The Morgan fingerprint density at radius 3 is 2.60 bits per heavy atom. The molecule has 0 spiro atoms. The van der Waals surface area contributed by atoms with Crippen LogP contribution in [-0.2, 0) is 11.3 Å². The smallest absolute Gasteiger partial charge is 0.343 e. The van der Waals surface area contributed by atoms with Gasteiger partial charge in [-0.15, -0.1) is 0 Å². The third-order valence-electron chi connectivity index (χ3n) is 4.58. The Labute approximate surface area is 180 Å². The lowest BCUT2D eigenvalue weighted by atomic mass is 10.1. The van der Waals surface area contributed by atoms with E-state index < -0.39 is 11.4 Å². The van der Waals surface area contributed by atoms with Crippen molar-refractivity contribution in [2.75, 3.05) is 7.11 Å². The van der Waals surface area contributed by atoms with E-state index in [2.05, 4.69) is 20.9 Å². The number of ether oxygens (including phenoxy) is 2. The number of carbonyl (C=O) groups is 1. The molecule has 0 N–H and O–H groups in total. The van der Waals surface area contributed by atoms with E-state index in [0.717, 1.165) is 15.8 Å². The van der Waals surface area contributed by atoms with Crippen LogP contribution >= 0.6 is 15.9 Å². The van der Waals surface area contributed by atoms with Crippen LogP contribution in [0.5, 0.6) is 11.5 Å². The molecule has 0 saturated carbocycles. The second-order valence-corrected chi connectivity index (χ2v) is 7.45. The molecule has 0 amide bonds. The summed E-state index contributed by atoms with van der Waals surface area (Å²) in [5.41, 5.74) is 1.14. The zero-order valence-corrected chi connectivity index (χ0v) is 17.6. The Balaban J connectivity index is 1.83. The summed E-state index contributed by atoms with van der Waals surface area (Å²) in [5, 5.41) is 0. The Hall–Kier alpha value is -3.45. The van der Waals surface area contributed by atoms with Crippen molar-refractivity contribution in [3.05, 3.63) is 98.9 Å². The predicted molar refractivity (Wildman–Crippen MR) is 117 cm³/mol. The Bertz CT molecular complexity index is 1290. The van der Waals surface area contributed by atoms with Gasteiger partial charge in [0.2, 0.25) is 5.43 Å². The lowest BCUT2D eigenvalue weighted by Gasteiger charge is -2.16. The van der Waals surface area contributed by atoms with Crippen LogP contribution in [0.15, 0.2) is 82.3 Å². The second-order valence-electron chi connectivity index (χ2n) is 6.54. The van der Waals surface area contributed by atoms with Gasteiger partial charge in [-0.05, 0) is 40.2 Å². The molecule has 6 nitrogen and oxygen atoms in total. The van der Waals surface area contributed by atoms with Crippen molar-refractivity contribution in [1.29, 1.82) is 0 Å². The Kier molecular flexibility index (Phi) is 5.63. The summed E-state index contributed by atoms with van der Waals surface area (Å²) in [6.07, 6.45) is 3.03. The molecule has 0 aliphatic rings. The van der Waals surface area contributed by atoms with E-state index in [0.29, 0.717) is 17.8 Å². The number of hydrogen-bond donors (Lipinski definition) is 0. The van der Waals surface area contributed by atoms with Crippen LogP contribution in [0.2, 0.25) is 0 Å². The number of fused-ring (bicyclic) bond motifs is 1. The van der Waals surface area contributed by atoms with E-state index in [9.17, 15) is 9.59 Å². The standard InChI is InChI=1S/C23H17BrN2O4/c1-29-23(28)18-14-26(19-11-16(24)12-25-21(19)22(18)27)13-15-7-5-6-10-20(15)30-17-8-3-2-4-9-17/h2-12,14H,13H2,1H3. The molecule has 0 aliphatic carbocycles. The third-order valence-corrected chi connectivity index (χ3v) is 5.01. The van der Waals surface area contributed by atoms with Crippen LogP contribution in [0.3, 0.4) is 0 Å². The normalized spacial score (nSPS) is 10.7. The SMILES string of the molecule is COC(=O)c1cn(Cc2ccccc2Oc2ccccc2)c2cc(Br)cnc2c1=O. The van der Waals surface area contributed by atoms with Gasteiger partial charge in [-0.1, -0.05) is 36.4 Å². The summed E-state index contributed by atoms with van der Waals surface area (Å²) < 4.78 is 13.4. The fraction of sp³-hybridized carbons (Fsp3) is 0.0870. The van der Waals surface area contributed by atoms with Gasteiger partial charge in [0.25, 0.3) is 0 Å². The Morgan fingerprint density at radius 2 is 1.83 bits per heavy atom. The molecular weight excluding hydrogens is 448 g/mol. The van der Waals surface area contributed by atoms with Crippen LogP contribution < -0.4 is 10.2 Å². The first-order valence-corrected chi connectivity index (χ1v) is 9.94. The molecule has 2 aromatic heterocycles. The van der Waals surface area contributed by atoms with Gasteiger partial charge in [0, 0.05) is 22.4 Å². The first kappa shape index (κ1) is 19.8. The second kappa shape index (κ2) is 8.51. The molecule has 150 valence electrons. The zero-order chi connectivity index (χ0) is 21.1. The van der Waals surface area contributed by atoms with Crippen molar-refractivity contribution in [3.8, 4) is 11.5 Å². The van der Waals surface area contributed by atoms with Crippen molar-refractivity contribution < 1.29 is 14.3 Å². The van der Waals surface area contributed by atoms with E-state index in [1.165, 1.54) is 19.5 Å². The number of esters is 1. The van der Waals surface area contributed by atoms with Gasteiger partial charge in [0.15, 0.2) is 0 Å². The van der Waals surface area contributed by atoms with Crippen LogP contribution in [-0.4, -0.2) is 22.6 Å². The lowest BCUT2D eigenvalue weighted by molar-refractivity contribution is 0.0598. The summed E-state index contributed by atoms with van der Waals surface area (Å²) in [6.45, 7) is 0.363. The van der Waals surface area contributed by atoms with Crippen molar-refractivity contribution in [2.45, 2.75) is 6.54 Å². The van der Waals surface area contributed by atoms with Crippen LogP contribution in [0.1, 0.15) is 15.9 Å². The Morgan fingerprint density at radius 1 is 1.10 bits per heavy atom. The molecule has 7 heteroatoms. The van der Waals surface area contributed by atoms with Gasteiger partial charge in [-0.3, -0.25) is 4.79 Å². The van der Waals surface area contributed by atoms with Crippen molar-refractivity contribution in [3.63, 3.8) is 0 Å². The molecule has 0 bridgehead atoms. The molecule has 4 aromatic rings. The van der Waals surface area contributed by atoms with Gasteiger partial charge < -0.3 is 14.0 Å². The maximum absolute atomic E-state index is 12.7. The fourth-order valence-electron chi connectivity index (χ4n) is 3.15. The summed E-state index contributed by atoms with van der Waals surface area (Å²) in [5.74, 6) is 0.696. The molecule has 0 aliphatic heterocycles. The average Bonchev–Trinajstić information content (AvgIpc) is 2.77. The molecular formula is C23H17BrN2O4. The zero-order valence-electron chi connectivity index (χ0n) is 16.0. The number of pyridine rings is 2. The number of nitrogens with zero attached hydrogens (tertiary/aromatic N) is 2. The van der Waals surface area contributed by atoms with E-state index in [4.69, 9.17) is 9.47 Å². The van der Waals surface area contributed by atoms with E-state index in [-0.39, 0.29) is 11.1 Å². The quantitative estimate of drug-likeness (QED) is 0.397. The van der Waals surface area contributed by atoms with E-state index in [1.54, 1.807) is 10.6 Å². The molecule has 0 unspecified atom stereocenters. The van der Waals surface area contributed by atoms with E-state index >= 15 is 0 Å². The van der Waals surface area contributed by atoms with E-state index in [1.807, 2.05) is 54.6 Å². The molecule has 0 radical (unpaired) electrons. The fourth-order valence-corrected chi connectivity index (χ4v) is 3.47. The minimum absolute atomic E-state index is 0.0683. The number of hydrogen-bond acceptors (Lipinski definition) is 5. The molecule has 0 atom stereocenters. The highest BCUT2D eigenvalue weighted by molar-refractivity contribution is 9.10. The molecule has 2 aromatic carbocycles. The largest absolute Gasteiger partial charge is 0.465 e. The number of methoxy groups -OCH3 is 1.